The van der Waals surface area contributed by atoms with Gasteiger partial charge in [0.05, 0.1) is 0 Å². The van der Waals surface area contributed by atoms with Gasteiger partial charge in [0.15, 0.2) is 0 Å². The van der Waals surface area contributed by atoms with Crippen molar-refractivity contribution in [3.8, 4) is 0 Å². The lowest BCUT2D eigenvalue weighted by molar-refractivity contribution is -0.117. The molecule has 0 bridgehead atoms. The molecule has 0 saturated heterocycles. The van der Waals surface area contributed by atoms with E-state index in [0.29, 0.717) is 5.82 Å². The zero-order chi connectivity index (χ0) is 20.9. The lowest BCUT2D eigenvalue weighted by atomic mass is 9.63. The van der Waals surface area contributed by atoms with Crippen molar-refractivity contribution in [1.82, 2.24) is 4.57 Å². The van der Waals surface area contributed by atoms with Crippen LogP contribution >= 0.6 is 0 Å². The van der Waals surface area contributed by atoms with Gasteiger partial charge in [-0.25, -0.2) is 4.79 Å². The number of nitrogens with two attached hydrogens (primary N) is 1. The first kappa shape index (κ1) is 20.1. The predicted molar refractivity (Wildman–Crippen MR) is 110 cm³/mol. The van der Waals surface area contributed by atoms with E-state index >= 15 is 0 Å². The second kappa shape index (κ2) is 6.78. The highest BCUT2D eigenvalue weighted by atomic mass is 16.4. The maximum absolute atomic E-state index is 12.7. The van der Waals surface area contributed by atoms with Gasteiger partial charge >= 0.3 is 5.97 Å². The molecule has 0 saturated carbocycles. The summed E-state index contributed by atoms with van der Waals surface area (Å²) < 4.78 is 1.42. The first-order chi connectivity index (χ1) is 12.9. The SMILES string of the molecule is Cn1c(NC(=O)C(N)c2ccc3c(c2)C(C)(C)CCC3(C)C)ccc1C(=O)O. The van der Waals surface area contributed by atoms with Gasteiger partial charge in [-0.1, -0.05) is 45.9 Å². The van der Waals surface area contributed by atoms with Crippen LogP contribution in [-0.4, -0.2) is 21.6 Å². The minimum Gasteiger partial charge on any atom is -0.477 e. The Labute approximate surface area is 165 Å². The molecule has 1 aliphatic carbocycles. The summed E-state index contributed by atoms with van der Waals surface area (Å²) in [6, 6.07) is 8.27. The summed E-state index contributed by atoms with van der Waals surface area (Å²) >= 11 is 0. The summed E-state index contributed by atoms with van der Waals surface area (Å²) in [6.07, 6.45) is 2.21. The lowest BCUT2D eigenvalue weighted by Gasteiger charge is -2.42. The third-order valence-corrected chi connectivity index (χ3v) is 6.11. The highest BCUT2D eigenvalue weighted by Gasteiger charge is 2.37. The summed E-state index contributed by atoms with van der Waals surface area (Å²) in [7, 11) is 1.59. The van der Waals surface area contributed by atoms with Gasteiger partial charge in [0, 0.05) is 7.05 Å². The number of carbonyl (C=O) groups is 2. The number of carboxylic acids is 1. The quantitative estimate of drug-likeness (QED) is 0.750. The largest absolute Gasteiger partial charge is 0.477 e. The average molecular weight is 383 g/mol. The highest BCUT2D eigenvalue weighted by Crippen LogP contribution is 2.46. The third-order valence-electron chi connectivity index (χ3n) is 6.11. The van der Waals surface area contributed by atoms with Crippen LogP contribution in [-0.2, 0) is 22.7 Å². The van der Waals surface area contributed by atoms with Gasteiger partial charge in [-0.05, 0) is 52.5 Å². The number of hydrogen-bond donors (Lipinski definition) is 3. The number of hydrogen-bond acceptors (Lipinski definition) is 3. The number of anilines is 1. The number of nitrogens with one attached hydrogen (secondary N) is 1. The Kier molecular flexibility index (Phi) is 4.88. The molecular formula is C22H29N3O3. The molecule has 1 atom stereocenters. The molecule has 1 heterocycles. The molecule has 1 amide bonds. The van der Waals surface area contributed by atoms with Crippen molar-refractivity contribution in [3.63, 3.8) is 0 Å². The number of amides is 1. The van der Waals surface area contributed by atoms with Crippen molar-refractivity contribution in [2.75, 3.05) is 5.32 Å². The Balaban J connectivity index is 1.88. The molecule has 28 heavy (non-hydrogen) atoms. The molecule has 0 fully saturated rings. The molecule has 0 aliphatic heterocycles. The van der Waals surface area contributed by atoms with Crippen LogP contribution in [0.4, 0.5) is 5.82 Å². The molecule has 1 aliphatic rings. The van der Waals surface area contributed by atoms with Crippen molar-refractivity contribution >= 4 is 17.7 Å². The monoisotopic (exact) mass is 383 g/mol. The van der Waals surface area contributed by atoms with Crippen molar-refractivity contribution in [1.29, 1.82) is 0 Å². The van der Waals surface area contributed by atoms with Crippen LogP contribution in [0, 0.1) is 0 Å². The van der Waals surface area contributed by atoms with Crippen LogP contribution in [0.1, 0.15) is 73.8 Å². The number of carbonyl (C=O) groups excluding carboxylic acids is 1. The molecule has 1 aromatic heterocycles. The van der Waals surface area contributed by atoms with E-state index in [0.717, 1.165) is 18.4 Å². The molecule has 2 aromatic rings. The van der Waals surface area contributed by atoms with Crippen LogP contribution in [0.3, 0.4) is 0 Å². The predicted octanol–water partition coefficient (Wildman–Crippen LogP) is 3.71. The molecule has 1 unspecified atom stereocenters. The number of aromatic nitrogens is 1. The maximum atomic E-state index is 12.7. The van der Waals surface area contributed by atoms with Crippen LogP contribution < -0.4 is 11.1 Å². The van der Waals surface area contributed by atoms with E-state index in [1.807, 2.05) is 6.07 Å². The van der Waals surface area contributed by atoms with E-state index in [1.165, 1.54) is 21.8 Å². The summed E-state index contributed by atoms with van der Waals surface area (Å²) in [4.78, 5) is 23.9. The van der Waals surface area contributed by atoms with Crippen LogP contribution in [0.15, 0.2) is 30.3 Å². The molecule has 0 radical (unpaired) electrons. The lowest BCUT2D eigenvalue weighted by Crippen LogP contribution is -2.35. The van der Waals surface area contributed by atoms with E-state index in [2.05, 4.69) is 45.1 Å². The van der Waals surface area contributed by atoms with Gasteiger partial charge in [-0.2, -0.15) is 0 Å². The standard InChI is InChI=1S/C22H29N3O3/c1-21(2)10-11-22(3,4)15-12-13(6-7-14(15)21)18(23)19(26)24-17-9-8-16(20(27)28)25(17)5/h6-9,12,18H,10-11,23H2,1-5H3,(H,24,26)(H,27,28). The molecule has 1 aromatic carbocycles. The number of fused-ring (bicyclic) bond motifs is 1. The Morgan fingerprint density at radius 3 is 2.25 bits per heavy atom. The number of benzene rings is 1. The van der Waals surface area contributed by atoms with E-state index in [9.17, 15) is 9.59 Å². The summed E-state index contributed by atoms with van der Waals surface area (Å²) in [5.41, 5.74) is 9.81. The zero-order valence-corrected chi connectivity index (χ0v) is 17.2. The number of nitrogens with zero attached hydrogens (tertiary/aromatic N) is 1. The van der Waals surface area contributed by atoms with Gasteiger partial charge in [-0.15, -0.1) is 0 Å². The smallest absolute Gasteiger partial charge is 0.352 e. The fourth-order valence-electron chi connectivity index (χ4n) is 4.01. The van der Waals surface area contributed by atoms with Crippen molar-refractivity contribution in [3.05, 3.63) is 52.7 Å². The number of carboxylic acid groups (broad SMARTS) is 1. The molecule has 3 rings (SSSR count). The highest BCUT2D eigenvalue weighted by molar-refractivity contribution is 5.96. The van der Waals surface area contributed by atoms with Crippen LogP contribution in [0.2, 0.25) is 0 Å². The molecular weight excluding hydrogens is 354 g/mol. The number of rotatable bonds is 4. The zero-order valence-electron chi connectivity index (χ0n) is 17.2. The van der Waals surface area contributed by atoms with E-state index < -0.39 is 12.0 Å². The average Bonchev–Trinajstić information content (AvgIpc) is 2.99. The first-order valence-corrected chi connectivity index (χ1v) is 9.54. The second-order valence-electron chi connectivity index (χ2n) is 9.01. The topological polar surface area (TPSA) is 97.4 Å². The first-order valence-electron chi connectivity index (χ1n) is 9.54. The normalized spacial score (nSPS) is 18.2. The molecule has 4 N–H and O–H groups in total. The van der Waals surface area contributed by atoms with Crippen molar-refractivity contribution in [2.45, 2.75) is 57.4 Å². The van der Waals surface area contributed by atoms with E-state index in [4.69, 9.17) is 10.8 Å². The van der Waals surface area contributed by atoms with Gasteiger partial charge in [0.1, 0.15) is 17.6 Å². The molecule has 0 spiro atoms. The Morgan fingerprint density at radius 2 is 1.68 bits per heavy atom. The molecule has 150 valence electrons. The Morgan fingerprint density at radius 1 is 1.07 bits per heavy atom. The molecule has 6 nitrogen and oxygen atoms in total. The van der Waals surface area contributed by atoms with Gasteiger partial charge < -0.3 is 20.7 Å². The summed E-state index contributed by atoms with van der Waals surface area (Å²) in [6.45, 7) is 8.97. The van der Waals surface area contributed by atoms with Gasteiger partial charge in [-0.3, -0.25) is 4.79 Å². The summed E-state index contributed by atoms with van der Waals surface area (Å²) in [5.74, 6) is -1.02. The fourth-order valence-corrected chi connectivity index (χ4v) is 4.01. The Bertz CT molecular complexity index is 940. The fraction of sp³-hybridized carbons (Fsp3) is 0.455. The minimum absolute atomic E-state index is 0.0333. The second-order valence-corrected chi connectivity index (χ2v) is 9.01. The van der Waals surface area contributed by atoms with E-state index in [-0.39, 0.29) is 22.4 Å². The maximum Gasteiger partial charge on any atom is 0.352 e. The van der Waals surface area contributed by atoms with E-state index in [1.54, 1.807) is 13.1 Å². The van der Waals surface area contributed by atoms with Crippen LogP contribution in [0.5, 0.6) is 0 Å². The van der Waals surface area contributed by atoms with Crippen molar-refractivity contribution < 1.29 is 14.7 Å². The van der Waals surface area contributed by atoms with Gasteiger partial charge in [0.2, 0.25) is 5.91 Å². The van der Waals surface area contributed by atoms with Crippen molar-refractivity contribution in [2.24, 2.45) is 12.8 Å². The third kappa shape index (κ3) is 3.44. The van der Waals surface area contributed by atoms with Crippen LogP contribution in [0.25, 0.3) is 0 Å². The minimum atomic E-state index is -1.05. The summed E-state index contributed by atoms with van der Waals surface area (Å²) in [5, 5.41) is 11.9. The number of aromatic carboxylic acids is 1. The van der Waals surface area contributed by atoms with Gasteiger partial charge in [0.25, 0.3) is 0 Å². The Hall–Kier alpha value is -2.60. The molecule has 6 heteroatoms.